The van der Waals surface area contributed by atoms with Gasteiger partial charge >= 0.3 is 0 Å². The van der Waals surface area contributed by atoms with Gasteiger partial charge in [0.1, 0.15) is 18.5 Å². The van der Waals surface area contributed by atoms with E-state index in [0.29, 0.717) is 30.9 Å². The molecule has 1 heterocycles. The van der Waals surface area contributed by atoms with E-state index in [2.05, 4.69) is 21.2 Å². The number of hydrogen-bond donors (Lipinski definition) is 4. The number of carbonyl (C=O) groups excluding carboxylic acids is 2. The smallest absolute Gasteiger partial charge is 0.240 e. The van der Waals surface area contributed by atoms with Crippen molar-refractivity contribution in [2.24, 2.45) is 16.9 Å². The number of nitrogens with zero attached hydrogens (tertiary/aromatic N) is 1. The van der Waals surface area contributed by atoms with Crippen LogP contribution >= 0.6 is 0 Å². The first-order chi connectivity index (χ1) is 18.5. The second kappa shape index (κ2) is 14.0. The van der Waals surface area contributed by atoms with Crippen LogP contribution in [-0.4, -0.2) is 61.6 Å². The van der Waals surface area contributed by atoms with E-state index in [4.69, 9.17) is 9.47 Å². The van der Waals surface area contributed by atoms with Crippen molar-refractivity contribution >= 4 is 23.2 Å². The van der Waals surface area contributed by atoms with Crippen molar-refractivity contribution in [1.82, 2.24) is 10.7 Å². The zero-order valence-electron chi connectivity index (χ0n) is 21.9. The molecule has 1 aliphatic carbocycles. The fourth-order valence-corrected chi connectivity index (χ4v) is 4.15. The van der Waals surface area contributed by atoms with Gasteiger partial charge in [0.05, 0.1) is 12.3 Å². The van der Waals surface area contributed by atoms with E-state index >= 15 is 0 Å². The molecule has 2 aliphatic rings. The Labute approximate surface area is 224 Å². The number of carbonyl (C=O) groups is 2. The summed E-state index contributed by atoms with van der Waals surface area (Å²) in [6.07, 6.45) is 3.50. The van der Waals surface area contributed by atoms with Gasteiger partial charge in [-0.15, -0.1) is 0 Å². The van der Waals surface area contributed by atoms with Crippen LogP contribution in [0.1, 0.15) is 43.7 Å². The minimum Gasteiger partial charge on any atom is -0.491 e. The topological polar surface area (TPSA) is 121 Å². The van der Waals surface area contributed by atoms with Crippen LogP contribution in [0.25, 0.3) is 0 Å². The van der Waals surface area contributed by atoms with Crippen LogP contribution in [-0.2, 0) is 20.7 Å². The lowest BCUT2D eigenvalue weighted by atomic mass is 9.94. The first kappa shape index (κ1) is 27.8. The third kappa shape index (κ3) is 9.24. The summed E-state index contributed by atoms with van der Waals surface area (Å²) in [5.41, 5.74) is 6.15. The molecule has 1 fully saturated rings. The van der Waals surface area contributed by atoms with Crippen LogP contribution in [0.2, 0.25) is 0 Å². The summed E-state index contributed by atoms with van der Waals surface area (Å²) in [5, 5.41) is 20.3. The quantitative estimate of drug-likeness (QED) is 0.267. The van der Waals surface area contributed by atoms with E-state index in [-0.39, 0.29) is 30.8 Å². The largest absolute Gasteiger partial charge is 0.491 e. The molecule has 0 bridgehead atoms. The number of aliphatic hydroxyl groups is 1. The fraction of sp³-hybridized carbons (Fsp3) is 0.483. The molecular formula is C29H38N4O5. The Kier molecular flexibility index (Phi) is 10.3. The molecule has 38 heavy (non-hydrogen) atoms. The predicted octanol–water partition coefficient (Wildman–Crippen LogP) is 2.87. The van der Waals surface area contributed by atoms with E-state index in [1.54, 1.807) is 0 Å². The molecule has 9 nitrogen and oxygen atoms in total. The Morgan fingerprint density at radius 3 is 2.63 bits per heavy atom. The molecule has 4 N–H and O–H groups in total. The monoisotopic (exact) mass is 522 g/mol. The standard InChI is InChI=1S/C29H38N4O5/c1-20-16-28(36)32-33-29(20)23-6-8-24(9-7-23)31-27(35)12-14-30-17-25(34)19-38-26-10-4-21(5-11-26)13-15-37-18-22-2-3-22/h4-11,20,22,25,30,34H,2-3,12-19H2,1H3,(H,31,35)(H,32,36)/t20-,25-/m0/s1. The lowest BCUT2D eigenvalue weighted by Gasteiger charge is -2.19. The first-order valence-electron chi connectivity index (χ1n) is 13.4. The van der Waals surface area contributed by atoms with Crippen molar-refractivity contribution in [3.05, 3.63) is 59.7 Å². The molecule has 2 aromatic rings. The first-order valence-corrected chi connectivity index (χ1v) is 13.4. The Morgan fingerprint density at radius 1 is 1.16 bits per heavy atom. The van der Waals surface area contributed by atoms with E-state index in [1.807, 2.05) is 55.5 Å². The molecule has 1 saturated carbocycles. The van der Waals surface area contributed by atoms with Gasteiger partial charge in [0.15, 0.2) is 0 Å². The highest BCUT2D eigenvalue weighted by molar-refractivity contribution is 6.06. The number of hydrogen-bond acceptors (Lipinski definition) is 7. The third-order valence-electron chi connectivity index (χ3n) is 6.58. The summed E-state index contributed by atoms with van der Waals surface area (Å²) in [5.74, 6) is 1.34. The highest BCUT2D eigenvalue weighted by Crippen LogP contribution is 2.28. The van der Waals surface area contributed by atoms with Crippen molar-refractivity contribution in [2.75, 3.05) is 38.2 Å². The van der Waals surface area contributed by atoms with Crippen LogP contribution in [0.5, 0.6) is 5.75 Å². The van der Waals surface area contributed by atoms with Gasteiger partial charge in [0, 0.05) is 44.1 Å². The summed E-state index contributed by atoms with van der Waals surface area (Å²) in [7, 11) is 0. The maximum absolute atomic E-state index is 12.3. The summed E-state index contributed by atoms with van der Waals surface area (Å²) in [4.78, 5) is 23.7. The average Bonchev–Trinajstić information content (AvgIpc) is 3.74. The summed E-state index contributed by atoms with van der Waals surface area (Å²) >= 11 is 0. The molecule has 0 spiro atoms. The molecule has 4 rings (SSSR count). The second-order valence-corrected chi connectivity index (χ2v) is 10.1. The molecule has 0 radical (unpaired) electrons. The maximum Gasteiger partial charge on any atom is 0.240 e. The minimum atomic E-state index is -0.684. The number of ether oxygens (including phenoxy) is 2. The van der Waals surface area contributed by atoms with Gasteiger partial charge in [-0.1, -0.05) is 31.2 Å². The van der Waals surface area contributed by atoms with Crippen molar-refractivity contribution < 1.29 is 24.2 Å². The van der Waals surface area contributed by atoms with Gasteiger partial charge in [0.25, 0.3) is 0 Å². The van der Waals surface area contributed by atoms with Crippen LogP contribution in [0.15, 0.2) is 53.6 Å². The van der Waals surface area contributed by atoms with E-state index in [0.717, 1.165) is 36.8 Å². The molecule has 0 saturated heterocycles. The molecule has 0 unspecified atom stereocenters. The van der Waals surface area contributed by atoms with Gasteiger partial charge in [-0.2, -0.15) is 5.10 Å². The molecule has 2 amide bonds. The number of hydrazone groups is 1. The lowest BCUT2D eigenvalue weighted by molar-refractivity contribution is -0.122. The highest BCUT2D eigenvalue weighted by Gasteiger charge is 2.22. The minimum absolute atomic E-state index is 0.0445. The number of amides is 2. The van der Waals surface area contributed by atoms with Gasteiger partial charge in [0.2, 0.25) is 11.8 Å². The zero-order valence-corrected chi connectivity index (χ0v) is 21.9. The van der Waals surface area contributed by atoms with Crippen LogP contribution < -0.4 is 20.8 Å². The zero-order chi connectivity index (χ0) is 26.7. The predicted molar refractivity (Wildman–Crippen MR) is 146 cm³/mol. The van der Waals surface area contributed by atoms with Crippen molar-refractivity contribution in [3.8, 4) is 5.75 Å². The van der Waals surface area contributed by atoms with Crippen LogP contribution in [0.4, 0.5) is 5.69 Å². The summed E-state index contributed by atoms with van der Waals surface area (Å²) < 4.78 is 11.4. The Hall–Kier alpha value is -3.27. The van der Waals surface area contributed by atoms with E-state index in [9.17, 15) is 14.7 Å². The Balaban J connectivity index is 1.07. The lowest BCUT2D eigenvalue weighted by Crippen LogP contribution is -2.33. The van der Waals surface area contributed by atoms with Crippen molar-refractivity contribution in [1.29, 1.82) is 0 Å². The Bertz CT molecular complexity index is 1080. The van der Waals surface area contributed by atoms with Gasteiger partial charge in [-0.3, -0.25) is 9.59 Å². The van der Waals surface area contributed by atoms with Crippen molar-refractivity contribution in [2.45, 2.75) is 45.1 Å². The number of anilines is 1. The van der Waals surface area contributed by atoms with Crippen molar-refractivity contribution in [3.63, 3.8) is 0 Å². The number of rotatable bonds is 15. The molecule has 9 heteroatoms. The normalized spacial score (nSPS) is 17.9. The molecule has 2 atom stereocenters. The summed E-state index contributed by atoms with van der Waals surface area (Å²) in [6, 6.07) is 15.3. The maximum atomic E-state index is 12.3. The van der Waals surface area contributed by atoms with Gasteiger partial charge in [-0.25, -0.2) is 5.43 Å². The number of aliphatic hydroxyl groups excluding tert-OH is 1. The third-order valence-corrected chi connectivity index (χ3v) is 6.58. The molecule has 204 valence electrons. The van der Waals surface area contributed by atoms with E-state index in [1.165, 1.54) is 18.4 Å². The second-order valence-electron chi connectivity index (χ2n) is 10.1. The van der Waals surface area contributed by atoms with Gasteiger partial charge < -0.3 is 25.2 Å². The molecule has 0 aromatic heterocycles. The van der Waals surface area contributed by atoms with E-state index < -0.39 is 6.10 Å². The fourth-order valence-electron chi connectivity index (χ4n) is 4.15. The van der Waals surface area contributed by atoms with Gasteiger partial charge in [-0.05, 0) is 60.6 Å². The van der Waals surface area contributed by atoms with Crippen LogP contribution in [0, 0.1) is 11.8 Å². The molecule has 1 aliphatic heterocycles. The number of nitrogens with one attached hydrogen (secondary N) is 3. The Morgan fingerprint density at radius 2 is 1.92 bits per heavy atom. The number of benzene rings is 2. The molecular weight excluding hydrogens is 484 g/mol. The summed E-state index contributed by atoms with van der Waals surface area (Å²) in [6.45, 7) is 4.52. The SMILES string of the molecule is C[C@H]1CC(=O)NN=C1c1ccc(NC(=O)CCNC[C@H](O)COc2ccc(CCOCC3CC3)cc2)cc1. The molecule has 2 aromatic carbocycles. The highest BCUT2D eigenvalue weighted by atomic mass is 16.5. The average molecular weight is 523 g/mol. The van der Waals surface area contributed by atoms with Crippen LogP contribution in [0.3, 0.4) is 0 Å².